The molecule has 4 heterocycles. The van der Waals surface area contributed by atoms with Gasteiger partial charge in [0, 0.05) is 57.4 Å². The lowest BCUT2D eigenvalue weighted by molar-refractivity contribution is 0.486. The van der Waals surface area contributed by atoms with E-state index in [4.69, 9.17) is 4.99 Å². The molecule has 1 saturated heterocycles. The van der Waals surface area contributed by atoms with Crippen LogP contribution in [0.1, 0.15) is 30.4 Å². The van der Waals surface area contributed by atoms with Crippen LogP contribution in [0.4, 0.5) is 0 Å². The minimum absolute atomic E-state index is 0.505. The third kappa shape index (κ3) is 4.05. The number of likely N-dealkylation sites (tertiary alicyclic amines) is 1. The second-order valence-electron chi connectivity index (χ2n) is 7.02. The number of hydrogen-bond acceptors (Lipinski definition) is 4. The average molecular weight is 378 g/mol. The van der Waals surface area contributed by atoms with E-state index in [2.05, 4.69) is 38.5 Å². The van der Waals surface area contributed by atoms with Crippen molar-refractivity contribution in [3.05, 3.63) is 60.3 Å². The summed E-state index contributed by atoms with van der Waals surface area (Å²) < 4.78 is 3.63. The van der Waals surface area contributed by atoms with Crippen LogP contribution in [0.5, 0.6) is 0 Å². The van der Waals surface area contributed by atoms with Crippen molar-refractivity contribution in [2.75, 3.05) is 19.6 Å². The Morgan fingerprint density at radius 1 is 1.32 bits per heavy atom. The minimum Gasteiger partial charge on any atom is -0.357 e. The summed E-state index contributed by atoms with van der Waals surface area (Å²) in [6, 6.07) is 5.92. The summed E-state index contributed by atoms with van der Waals surface area (Å²) in [6.07, 6.45) is 10.7. The second-order valence-corrected chi connectivity index (χ2v) is 7.02. The zero-order valence-electron chi connectivity index (χ0n) is 16.4. The summed E-state index contributed by atoms with van der Waals surface area (Å²) in [4.78, 5) is 11.6. The van der Waals surface area contributed by atoms with Crippen LogP contribution >= 0.6 is 0 Å². The highest BCUT2D eigenvalue weighted by Crippen LogP contribution is 2.26. The summed E-state index contributed by atoms with van der Waals surface area (Å²) in [5.74, 6) is 2.27. The minimum atomic E-state index is 0.505. The summed E-state index contributed by atoms with van der Waals surface area (Å²) >= 11 is 0. The van der Waals surface area contributed by atoms with Gasteiger partial charge in [-0.2, -0.15) is 10.2 Å². The molecule has 3 aromatic rings. The zero-order chi connectivity index (χ0) is 19.3. The van der Waals surface area contributed by atoms with Crippen LogP contribution in [0.2, 0.25) is 0 Å². The Kier molecular flexibility index (Phi) is 5.36. The van der Waals surface area contributed by atoms with Crippen molar-refractivity contribution >= 4 is 5.96 Å². The third-order valence-corrected chi connectivity index (χ3v) is 4.98. The largest absolute Gasteiger partial charge is 0.357 e. The lowest BCUT2D eigenvalue weighted by Gasteiger charge is -2.21. The maximum atomic E-state index is 4.87. The number of nitrogens with one attached hydrogen (secondary N) is 1. The molecule has 1 aliphatic rings. The number of rotatable bonds is 5. The summed E-state index contributed by atoms with van der Waals surface area (Å²) in [7, 11) is 1.97. The molecule has 28 heavy (non-hydrogen) atoms. The molecule has 8 heteroatoms. The van der Waals surface area contributed by atoms with Gasteiger partial charge in [0.05, 0.1) is 12.7 Å². The van der Waals surface area contributed by atoms with Crippen molar-refractivity contribution < 1.29 is 0 Å². The normalized spacial score (nSPS) is 17.3. The zero-order valence-corrected chi connectivity index (χ0v) is 16.4. The number of hydrogen-bond donors (Lipinski definition) is 1. The van der Waals surface area contributed by atoms with Gasteiger partial charge in [-0.1, -0.05) is 0 Å². The number of aromatic nitrogens is 5. The molecule has 146 valence electrons. The van der Waals surface area contributed by atoms with Crippen LogP contribution in [-0.2, 0) is 13.6 Å². The Labute approximate surface area is 164 Å². The molecule has 1 atom stereocenters. The fourth-order valence-corrected chi connectivity index (χ4v) is 3.56. The Morgan fingerprint density at radius 2 is 2.25 bits per heavy atom. The van der Waals surface area contributed by atoms with Crippen molar-refractivity contribution in [1.29, 1.82) is 0 Å². The van der Waals surface area contributed by atoms with Gasteiger partial charge in [0.2, 0.25) is 0 Å². The topological polar surface area (TPSA) is 76.2 Å². The first kappa shape index (κ1) is 18.2. The van der Waals surface area contributed by atoms with Crippen LogP contribution in [0, 0.1) is 0 Å². The van der Waals surface area contributed by atoms with Gasteiger partial charge >= 0.3 is 0 Å². The first-order valence-electron chi connectivity index (χ1n) is 9.69. The van der Waals surface area contributed by atoms with Gasteiger partial charge in [-0.05, 0) is 42.7 Å². The maximum Gasteiger partial charge on any atom is 0.194 e. The predicted octanol–water partition coefficient (Wildman–Crippen LogP) is 1.96. The fraction of sp³-hybridized carbons (Fsp3) is 0.400. The van der Waals surface area contributed by atoms with E-state index in [9.17, 15) is 0 Å². The molecular weight excluding hydrogens is 352 g/mol. The molecule has 0 amide bonds. The van der Waals surface area contributed by atoms with E-state index in [-0.39, 0.29) is 0 Å². The molecule has 1 unspecified atom stereocenters. The highest BCUT2D eigenvalue weighted by Gasteiger charge is 2.26. The lowest BCUT2D eigenvalue weighted by Crippen LogP contribution is -2.40. The first-order valence-corrected chi connectivity index (χ1v) is 9.69. The molecule has 0 aliphatic carbocycles. The second kappa shape index (κ2) is 8.24. The number of aryl methyl sites for hydroxylation is 1. The van der Waals surface area contributed by atoms with E-state index in [1.54, 1.807) is 10.9 Å². The smallest absolute Gasteiger partial charge is 0.194 e. The van der Waals surface area contributed by atoms with Crippen LogP contribution in [0.15, 0.2) is 54.2 Å². The standard InChI is InChI=1S/C20H26N8/c1-3-21-20(27-10-6-17(15-27)18-13-25-26(2)14-18)23-12-16-5-8-22-19(11-16)28-9-4-7-24-28/h4-5,7-9,11,13-14,17H,3,6,10,12,15H2,1-2H3,(H,21,23). The van der Waals surface area contributed by atoms with Crippen molar-refractivity contribution in [2.45, 2.75) is 25.8 Å². The average Bonchev–Trinajstić information content (AvgIpc) is 3.46. The van der Waals surface area contributed by atoms with Gasteiger partial charge in [0.15, 0.2) is 11.8 Å². The predicted molar refractivity (Wildman–Crippen MR) is 108 cm³/mol. The van der Waals surface area contributed by atoms with Crippen molar-refractivity contribution in [3.63, 3.8) is 0 Å². The van der Waals surface area contributed by atoms with E-state index in [1.807, 2.05) is 48.5 Å². The molecule has 1 N–H and O–H groups in total. The number of nitrogens with zero attached hydrogens (tertiary/aromatic N) is 7. The molecular formula is C20H26N8. The third-order valence-electron chi connectivity index (χ3n) is 4.98. The number of guanidine groups is 1. The fourth-order valence-electron chi connectivity index (χ4n) is 3.56. The van der Waals surface area contributed by atoms with Gasteiger partial charge in [-0.3, -0.25) is 4.68 Å². The van der Waals surface area contributed by atoms with E-state index in [1.165, 1.54) is 5.56 Å². The highest BCUT2D eigenvalue weighted by atomic mass is 15.3. The molecule has 1 aliphatic heterocycles. The van der Waals surface area contributed by atoms with Crippen molar-refractivity contribution in [2.24, 2.45) is 12.0 Å². The van der Waals surface area contributed by atoms with Crippen LogP contribution in [0.25, 0.3) is 5.82 Å². The Morgan fingerprint density at radius 3 is 3.00 bits per heavy atom. The highest BCUT2D eigenvalue weighted by molar-refractivity contribution is 5.80. The quantitative estimate of drug-likeness (QED) is 0.543. The van der Waals surface area contributed by atoms with E-state index in [0.29, 0.717) is 12.5 Å². The van der Waals surface area contributed by atoms with Crippen LogP contribution in [-0.4, -0.2) is 55.0 Å². The van der Waals surface area contributed by atoms with E-state index in [0.717, 1.165) is 43.4 Å². The molecule has 0 radical (unpaired) electrons. The Balaban J connectivity index is 1.46. The number of aliphatic imine (C=N–C) groups is 1. The van der Waals surface area contributed by atoms with Crippen molar-refractivity contribution in [1.82, 2.24) is 34.8 Å². The van der Waals surface area contributed by atoms with Gasteiger partial charge < -0.3 is 10.2 Å². The summed E-state index contributed by atoms with van der Waals surface area (Å²) in [6.45, 7) is 5.52. The van der Waals surface area contributed by atoms with Crippen molar-refractivity contribution in [3.8, 4) is 5.82 Å². The van der Waals surface area contributed by atoms with Gasteiger partial charge in [-0.25, -0.2) is 14.7 Å². The molecule has 0 aromatic carbocycles. The lowest BCUT2D eigenvalue weighted by atomic mass is 10.0. The van der Waals surface area contributed by atoms with E-state index >= 15 is 0 Å². The van der Waals surface area contributed by atoms with E-state index < -0.39 is 0 Å². The Hall–Kier alpha value is -3.16. The SMILES string of the molecule is CCNC(=NCc1ccnc(-n2cccn2)c1)N1CCC(c2cnn(C)c2)C1. The van der Waals surface area contributed by atoms with Gasteiger partial charge in [-0.15, -0.1) is 0 Å². The summed E-state index contributed by atoms with van der Waals surface area (Å²) in [5.41, 5.74) is 2.41. The summed E-state index contributed by atoms with van der Waals surface area (Å²) in [5, 5.41) is 12.0. The Bertz CT molecular complexity index is 927. The maximum absolute atomic E-state index is 4.87. The molecule has 4 rings (SSSR count). The van der Waals surface area contributed by atoms with Gasteiger partial charge in [0.1, 0.15) is 0 Å². The molecule has 1 fully saturated rings. The first-order chi connectivity index (χ1) is 13.7. The van der Waals surface area contributed by atoms with Gasteiger partial charge in [0.25, 0.3) is 0 Å². The monoisotopic (exact) mass is 378 g/mol. The molecule has 8 nitrogen and oxygen atoms in total. The van der Waals surface area contributed by atoms with Crippen LogP contribution < -0.4 is 5.32 Å². The van der Waals surface area contributed by atoms with Crippen LogP contribution in [0.3, 0.4) is 0 Å². The molecule has 0 bridgehead atoms. The molecule has 0 saturated carbocycles. The number of pyridine rings is 1. The molecule has 0 spiro atoms. The molecule has 3 aromatic heterocycles.